The van der Waals surface area contributed by atoms with E-state index >= 15 is 0 Å². The van der Waals surface area contributed by atoms with Gasteiger partial charge in [0.05, 0.1) is 17.9 Å². The number of imidazole rings is 1. The van der Waals surface area contributed by atoms with Gasteiger partial charge in [-0.15, -0.1) is 0 Å². The number of anilines is 1. The van der Waals surface area contributed by atoms with Crippen molar-refractivity contribution in [2.75, 3.05) is 11.9 Å². The Hall–Kier alpha value is -4.08. The average molecular weight is 470 g/mol. The number of aromatic nitrogens is 7. The van der Waals surface area contributed by atoms with Crippen molar-refractivity contribution in [2.24, 2.45) is 0 Å². The summed E-state index contributed by atoms with van der Waals surface area (Å²) >= 11 is 0. The van der Waals surface area contributed by atoms with Crippen LogP contribution in [-0.4, -0.2) is 58.3 Å². The maximum Gasteiger partial charge on any atom is 0.242 e. The van der Waals surface area contributed by atoms with Gasteiger partial charge < -0.3 is 14.8 Å². The Morgan fingerprint density at radius 1 is 1.11 bits per heavy atom. The van der Waals surface area contributed by atoms with Crippen LogP contribution in [0, 0.1) is 0 Å². The summed E-state index contributed by atoms with van der Waals surface area (Å²) in [5, 5.41) is 14.4. The second kappa shape index (κ2) is 8.94. The van der Waals surface area contributed by atoms with E-state index in [9.17, 15) is 4.79 Å². The van der Waals surface area contributed by atoms with E-state index in [4.69, 9.17) is 4.98 Å². The van der Waals surface area contributed by atoms with E-state index in [-0.39, 0.29) is 12.5 Å². The molecule has 4 aromatic rings. The van der Waals surface area contributed by atoms with Crippen molar-refractivity contribution < 1.29 is 4.79 Å². The van der Waals surface area contributed by atoms with Crippen LogP contribution in [0.1, 0.15) is 35.3 Å². The van der Waals surface area contributed by atoms with Crippen LogP contribution < -0.4 is 5.32 Å². The fraction of sp³-hybridized carbons (Fsp3) is 0.360. The lowest BCUT2D eigenvalue weighted by Gasteiger charge is -2.25. The topological polar surface area (TPSA) is 118 Å². The molecule has 0 saturated heterocycles. The van der Waals surface area contributed by atoms with E-state index in [0.29, 0.717) is 25.1 Å². The summed E-state index contributed by atoms with van der Waals surface area (Å²) in [5.41, 5.74) is 6.17. The van der Waals surface area contributed by atoms with Crippen LogP contribution in [0.5, 0.6) is 0 Å². The van der Waals surface area contributed by atoms with Gasteiger partial charge in [-0.25, -0.2) is 15.0 Å². The number of aromatic amines is 1. The Kier molecular flexibility index (Phi) is 5.48. The molecule has 2 aliphatic rings. The molecule has 3 aromatic heterocycles. The Bertz CT molecular complexity index is 1330. The number of nitrogens with one attached hydrogen (secondary N) is 2. The van der Waals surface area contributed by atoms with Gasteiger partial charge in [-0.3, -0.25) is 4.79 Å². The highest BCUT2D eigenvalue weighted by molar-refractivity contribution is 5.76. The highest BCUT2D eigenvalue weighted by Gasteiger charge is 2.25. The Morgan fingerprint density at radius 2 is 1.86 bits per heavy atom. The van der Waals surface area contributed by atoms with Gasteiger partial charge in [0.2, 0.25) is 11.9 Å². The molecule has 0 fully saturated rings. The number of H-pyrrole nitrogens is 1. The molecule has 1 aromatic carbocycles. The molecule has 0 unspecified atom stereocenters. The van der Waals surface area contributed by atoms with Crippen LogP contribution in [0.2, 0.25) is 0 Å². The highest BCUT2D eigenvalue weighted by atomic mass is 16.2. The van der Waals surface area contributed by atoms with Crippen molar-refractivity contribution >= 4 is 11.9 Å². The molecule has 1 aliphatic carbocycles. The monoisotopic (exact) mass is 469 g/mol. The van der Waals surface area contributed by atoms with Crippen molar-refractivity contribution in [3.63, 3.8) is 0 Å². The van der Waals surface area contributed by atoms with Crippen molar-refractivity contribution in [1.82, 2.24) is 39.8 Å². The van der Waals surface area contributed by atoms with E-state index in [1.807, 2.05) is 22.6 Å². The van der Waals surface area contributed by atoms with Gasteiger partial charge in [0.15, 0.2) is 0 Å². The van der Waals surface area contributed by atoms with Gasteiger partial charge in [0, 0.05) is 49.6 Å². The first-order chi connectivity index (χ1) is 17.2. The lowest BCUT2D eigenvalue weighted by Crippen LogP contribution is -2.38. The number of benzene rings is 1. The van der Waals surface area contributed by atoms with E-state index in [2.05, 4.69) is 55.0 Å². The third-order valence-electron chi connectivity index (χ3n) is 6.83. The SMILES string of the molecule is CCc1nc(-c2cnc(NC3Cc4ccccc4C3)nc2)cn1CC(=O)N1CCc2n[nH]nc2C1. The molecular formula is C25H27N9O. The predicted octanol–water partition coefficient (Wildman–Crippen LogP) is 2.18. The molecule has 10 heteroatoms. The normalized spacial score (nSPS) is 15.2. The maximum atomic E-state index is 13.0. The third kappa shape index (κ3) is 4.27. The number of fused-ring (bicyclic) bond motifs is 2. The largest absolute Gasteiger partial charge is 0.351 e. The molecular weight excluding hydrogens is 442 g/mol. The van der Waals surface area contributed by atoms with Crippen LogP contribution in [-0.2, 0) is 43.6 Å². The molecule has 10 nitrogen and oxygen atoms in total. The molecule has 0 radical (unpaired) electrons. The van der Waals surface area contributed by atoms with Crippen molar-refractivity contribution in [1.29, 1.82) is 0 Å². The zero-order chi connectivity index (χ0) is 23.8. The first-order valence-corrected chi connectivity index (χ1v) is 12.0. The second-order valence-corrected chi connectivity index (χ2v) is 9.12. The number of rotatable bonds is 6. The van der Waals surface area contributed by atoms with Crippen LogP contribution in [0.3, 0.4) is 0 Å². The van der Waals surface area contributed by atoms with Gasteiger partial charge in [-0.2, -0.15) is 15.4 Å². The molecule has 0 spiro atoms. The van der Waals surface area contributed by atoms with Crippen LogP contribution in [0.4, 0.5) is 5.95 Å². The van der Waals surface area contributed by atoms with Crippen LogP contribution >= 0.6 is 0 Å². The summed E-state index contributed by atoms with van der Waals surface area (Å²) in [5.74, 6) is 1.53. The number of amides is 1. The third-order valence-corrected chi connectivity index (χ3v) is 6.83. The molecule has 0 saturated carbocycles. The zero-order valence-corrected chi connectivity index (χ0v) is 19.6. The predicted molar refractivity (Wildman–Crippen MR) is 129 cm³/mol. The first kappa shape index (κ1) is 21.5. The molecule has 4 heterocycles. The van der Waals surface area contributed by atoms with Gasteiger partial charge in [-0.05, 0) is 24.0 Å². The standard InChI is InChI=1S/C25H27N9O/c1-2-23-29-21(13-34(23)15-24(35)33-8-7-20-22(14-33)31-32-30-20)18-11-26-25(27-12-18)28-19-9-16-5-3-4-6-17(16)10-19/h3-6,11-13,19H,2,7-10,14-15H2,1H3,(H,26,27,28)(H,30,31,32). The van der Waals surface area contributed by atoms with Crippen molar-refractivity contribution in [3.8, 4) is 11.3 Å². The van der Waals surface area contributed by atoms with E-state index in [1.165, 1.54) is 11.1 Å². The Morgan fingerprint density at radius 3 is 2.60 bits per heavy atom. The molecule has 178 valence electrons. The summed E-state index contributed by atoms with van der Waals surface area (Å²) < 4.78 is 1.93. The van der Waals surface area contributed by atoms with Gasteiger partial charge in [-0.1, -0.05) is 31.2 Å². The molecule has 6 rings (SSSR count). The molecule has 0 bridgehead atoms. The van der Waals surface area contributed by atoms with E-state index in [0.717, 1.165) is 54.2 Å². The average Bonchev–Trinajstić information content (AvgIpc) is 3.61. The number of hydrogen-bond acceptors (Lipinski definition) is 7. The highest BCUT2D eigenvalue weighted by Crippen LogP contribution is 2.24. The number of hydrogen-bond donors (Lipinski definition) is 2. The number of nitrogens with zero attached hydrogens (tertiary/aromatic N) is 7. The minimum absolute atomic E-state index is 0.0469. The van der Waals surface area contributed by atoms with Gasteiger partial charge in [0.1, 0.15) is 18.1 Å². The minimum atomic E-state index is 0.0469. The minimum Gasteiger partial charge on any atom is -0.351 e. The number of carbonyl (C=O) groups excluding carboxylic acids is 1. The van der Waals surface area contributed by atoms with Gasteiger partial charge >= 0.3 is 0 Å². The quantitative estimate of drug-likeness (QED) is 0.444. The van der Waals surface area contributed by atoms with E-state index in [1.54, 1.807) is 12.4 Å². The van der Waals surface area contributed by atoms with Crippen molar-refractivity contribution in [3.05, 3.63) is 71.2 Å². The second-order valence-electron chi connectivity index (χ2n) is 9.12. The molecule has 1 amide bonds. The summed E-state index contributed by atoms with van der Waals surface area (Å²) in [4.78, 5) is 28.6. The lowest BCUT2D eigenvalue weighted by molar-refractivity contribution is -0.132. The summed E-state index contributed by atoms with van der Waals surface area (Å²) in [6.45, 7) is 3.42. The van der Waals surface area contributed by atoms with E-state index < -0.39 is 0 Å². The Balaban J connectivity index is 1.12. The molecule has 0 atom stereocenters. The summed E-state index contributed by atoms with van der Waals surface area (Å²) in [6, 6.07) is 8.85. The zero-order valence-electron chi connectivity index (χ0n) is 19.6. The number of aryl methyl sites for hydroxylation is 1. The van der Waals surface area contributed by atoms with Gasteiger partial charge in [0.25, 0.3) is 0 Å². The maximum absolute atomic E-state index is 13.0. The first-order valence-electron chi connectivity index (χ1n) is 12.0. The molecule has 2 N–H and O–H groups in total. The van der Waals surface area contributed by atoms with Crippen LogP contribution in [0.25, 0.3) is 11.3 Å². The molecule has 35 heavy (non-hydrogen) atoms. The lowest BCUT2D eigenvalue weighted by atomic mass is 10.1. The fourth-order valence-corrected chi connectivity index (χ4v) is 4.95. The Labute approximate surface area is 202 Å². The fourth-order valence-electron chi connectivity index (χ4n) is 4.95. The molecule has 1 aliphatic heterocycles. The summed E-state index contributed by atoms with van der Waals surface area (Å²) in [6.07, 6.45) is 8.91. The number of carbonyl (C=O) groups is 1. The van der Waals surface area contributed by atoms with Crippen LogP contribution in [0.15, 0.2) is 42.9 Å². The smallest absolute Gasteiger partial charge is 0.242 e. The summed E-state index contributed by atoms with van der Waals surface area (Å²) in [7, 11) is 0. The van der Waals surface area contributed by atoms with Crippen molar-refractivity contribution in [2.45, 2.75) is 51.7 Å².